The molecule has 94 valence electrons. The van der Waals surface area contributed by atoms with Crippen LogP contribution >= 0.6 is 15.9 Å². The Bertz CT molecular complexity index is 417. The lowest BCUT2D eigenvalue weighted by Gasteiger charge is -2.14. The van der Waals surface area contributed by atoms with E-state index in [1.54, 1.807) is 0 Å². The summed E-state index contributed by atoms with van der Waals surface area (Å²) < 4.78 is 1.02. The quantitative estimate of drug-likeness (QED) is 0.915. The van der Waals surface area contributed by atoms with Crippen molar-refractivity contribution < 1.29 is 0 Å². The minimum absolute atomic E-state index is 0.414. The second-order valence-electron chi connectivity index (χ2n) is 5.13. The van der Waals surface area contributed by atoms with Gasteiger partial charge in [0, 0.05) is 12.5 Å². The van der Waals surface area contributed by atoms with E-state index in [0.717, 1.165) is 34.3 Å². The minimum atomic E-state index is 0.414. The zero-order valence-corrected chi connectivity index (χ0v) is 12.5. The Kier molecular flexibility index (Phi) is 3.71. The summed E-state index contributed by atoms with van der Waals surface area (Å²) in [6.07, 6.45) is 1.23. The first-order valence-electron chi connectivity index (χ1n) is 6.35. The molecule has 1 aromatic heterocycles. The fraction of sp³-hybridized carbons (Fsp3) is 0.692. The van der Waals surface area contributed by atoms with E-state index >= 15 is 0 Å². The molecule has 0 aliphatic heterocycles. The summed E-state index contributed by atoms with van der Waals surface area (Å²) in [5.41, 5.74) is 1.12. The van der Waals surface area contributed by atoms with Crippen LogP contribution in [-0.2, 0) is 0 Å². The molecular weight excluding hydrogens is 278 g/mol. The van der Waals surface area contributed by atoms with Crippen LogP contribution in [0.5, 0.6) is 0 Å². The van der Waals surface area contributed by atoms with Gasteiger partial charge in [0.2, 0.25) is 0 Å². The molecule has 2 unspecified atom stereocenters. The summed E-state index contributed by atoms with van der Waals surface area (Å²) in [6.45, 7) is 9.57. The van der Waals surface area contributed by atoms with Gasteiger partial charge in [0.05, 0.1) is 10.2 Å². The first-order valence-corrected chi connectivity index (χ1v) is 7.15. The fourth-order valence-corrected chi connectivity index (χ4v) is 2.77. The van der Waals surface area contributed by atoms with Crippen LogP contribution < -0.4 is 5.32 Å². The molecule has 1 aliphatic rings. The number of anilines is 1. The Morgan fingerprint density at radius 2 is 2.06 bits per heavy atom. The Labute approximate surface area is 112 Å². The van der Waals surface area contributed by atoms with E-state index < -0.39 is 0 Å². The molecule has 3 nitrogen and oxygen atoms in total. The number of rotatable bonds is 4. The maximum atomic E-state index is 4.73. The maximum absolute atomic E-state index is 4.73. The Morgan fingerprint density at radius 1 is 1.41 bits per heavy atom. The van der Waals surface area contributed by atoms with Crippen LogP contribution in [0, 0.1) is 5.92 Å². The van der Waals surface area contributed by atoms with Crippen molar-refractivity contribution in [3.05, 3.63) is 16.0 Å². The monoisotopic (exact) mass is 297 g/mol. The SMILES string of the molecule is CCNc1nc(C2CC2C)nc(C(C)C)c1Br. The van der Waals surface area contributed by atoms with Crippen molar-refractivity contribution in [3.63, 3.8) is 0 Å². The van der Waals surface area contributed by atoms with Gasteiger partial charge in [-0.2, -0.15) is 0 Å². The Morgan fingerprint density at radius 3 is 2.53 bits per heavy atom. The van der Waals surface area contributed by atoms with Gasteiger partial charge in [-0.3, -0.25) is 0 Å². The second kappa shape index (κ2) is 4.92. The predicted molar refractivity (Wildman–Crippen MR) is 74.5 cm³/mol. The van der Waals surface area contributed by atoms with Gasteiger partial charge in [-0.1, -0.05) is 20.8 Å². The van der Waals surface area contributed by atoms with Crippen LogP contribution in [0.3, 0.4) is 0 Å². The van der Waals surface area contributed by atoms with Crippen LogP contribution in [0.2, 0.25) is 0 Å². The molecular formula is C13H20BrN3. The van der Waals surface area contributed by atoms with Crippen molar-refractivity contribution in [1.29, 1.82) is 0 Å². The molecule has 2 rings (SSSR count). The normalized spacial score (nSPS) is 22.9. The highest BCUT2D eigenvalue weighted by Crippen LogP contribution is 2.46. The lowest BCUT2D eigenvalue weighted by atomic mass is 10.1. The summed E-state index contributed by atoms with van der Waals surface area (Å²) in [5, 5.41) is 3.31. The molecule has 0 spiro atoms. The Hall–Kier alpha value is -0.640. The average molecular weight is 298 g/mol. The van der Waals surface area contributed by atoms with E-state index in [4.69, 9.17) is 4.98 Å². The summed E-state index contributed by atoms with van der Waals surface area (Å²) in [7, 11) is 0. The van der Waals surface area contributed by atoms with E-state index in [1.807, 2.05) is 0 Å². The summed E-state index contributed by atoms with van der Waals surface area (Å²) >= 11 is 3.61. The van der Waals surface area contributed by atoms with Crippen LogP contribution in [-0.4, -0.2) is 16.5 Å². The van der Waals surface area contributed by atoms with Crippen molar-refractivity contribution >= 4 is 21.7 Å². The summed E-state index contributed by atoms with van der Waals surface area (Å²) in [5.74, 6) is 3.68. The largest absolute Gasteiger partial charge is 0.369 e. The van der Waals surface area contributed by atoms with Crippen molar-refractivity contribution in [2.24, 2.45) is 5.92 Å². The third-order valence-corrected chi connectivity index (χ3v) is 4.01. The number of hydrogen-bond acceptors (Lipinski definition) is 3. The molecule has 1 fully saturated rings. The van der Waals surface area contributed by atoms with Crippen LogP contribution in [0.1, 0.15) is 57.5 Å². The molecule has 17 heavy (non-hydrogen) atoms. The number of aromatic nitrogens is 2. The molecule has 0 saturated heterocycles. The predicted octanol–water partition coefficient (Wildman–Crippen LogP) is 3.92. The molecule has 0 amide bonds. The smallest absolute Gasteiger partial charge is 0.144 e. The van der Waals surface area contributed by atoms with Crippen LogP contribution in [0.4, 0.5) is 5.82 Å². The van der Waals surface area contributed by atoms with E-state index in [-0.39, 0.29) is 0 Å². The van der Waals surface area contributed by atoms with Gasteiger partial charge in [-0.05, 0) is 41.1 Å². The maximum Gasteiger partial charge on any atom is 0.144 e. The molecule has 0 radical (unpaired) electrons. The molecule has 1 aliphatic carbocycles. The zero-order valence-electron chi connectivity index (χ0n) is 10.9. The van der Waals surface area contributed by atoms with E-state index in [1.165, 1.54) is 6.42 Å². The lowest BCUT2D eigenvalue weighted by Crippen LogP contribution is -2.08. The molecule has 4 heteroatoms. The molecule has 0 bridgehead atoms. The van der Waals surface area contributed by atoms with Gasteiger partial charge in [0.15, 0.2) is 0 Å². The van der Waals surface area contributed by atoms with Crippen molar-refractivity contribution in [2.75, 3.05) is 11.9 Å². The molecule has 1 heterocycles. The number of nitrogens with zero attached hydrogens (tertiary/aromatic N) is 2. The van der Waals surface area contributed by atoms with Crippen molar-refractivity contribution in [1.82, 2.24) is 9.97 Å². The highest BCUT2D eigenvalue weighted by atomic mass is 79.9. The first-order chi connectivity index (χ1) is 8.04. The number of nitrogens with one attached hydrogen (secondary N) is 1. The van der Waals surface area contributed by atoms with Crippen LogP contribution in [0.15, 0.2) is 4.47 Å². The van der Waals surface area contributed by atoms with Gasteiger partial charge in [0.1, 0.15) is 11.6 Å². The fourth-order valence-electron chi connectivity index (χ4n) is 2.00. The van der Waals surface area contributed by atoms with E-state index in [0.29, 0.717) is 11.8 Å². The average Bonchev–Trinajstić information content (AvgIpc) is 2.98. The van der Waals surface area contributed by atoms with Crippen molar-refractivity contribution in [2.45, 2.75) is 46.0 Å². The van der Waals surface area contributed by atoms with Gasteiger partial charge in [-0.15, -0.1) is 0 Å². The van der Waals surface area contributed by atoms with Crippen molar-refractivity contribution in [3.8, 4) is 0 Å². The molecule has 0 aromatic carbocycles. The standard InChI is InChI=1S/C13H20BrN3/c1-5-15-13-10(14)11(7(2)3)16-12(17-13)9-6-8(9)4/h7-9H,5-6H2,1-4H3,(H,15,16,17). The lowest BCUT2D eigenvalue weighted by molar-refractivity contribution is 0.761. The molecule has 1 aromatic rings. The van der Waals surface area contributed by atoms with Gasteiger partial charge in [-0.25, -0.2) is 9.97 Å². The zero-order chi connectivity index (χ0) is 12.6. The first kappa shape index (κ1) is 12.8. The molecule has 1 N–H and O–H groups in total. The van der Waals surface area contributed by atoms with Gasteiger partial charge >= 0.3 is 0 Å². The number of halogens is 1. The molecule has 1 saturated carbocycles. The van der Waals surface area contributed by atoms with Gasteiger partial charge < -0.3 is 5.32 Å². The van der Waals surface area contributed by atoms with Gasteiger partial charge in [0.25, 0.3) is 0 Å². The number of hydrogen-bond donors (Lipinski definition) is 1. The summed E-state index contributed by atoms with van der Waals surface area (Å²) in [4.78, 5) is 9.38. The summed E-state index contributed by atoms with van der Waals surface area (Å²) in [6, 6.07) is 0. The third-order valence-electron chi connectivity index (χ3n) is 3.23. The second-order valence-corrected chi connectivity index (χ2v) is 5.93. The highest BCUT2D eigenvalue weighted by Gasteiger charge is 2.37. The van der Waals surface area contributed by atoms with E-state index in [9.17, 15) is 0 Å². The topological polar surface area (TPSA) is 37.8 Å². The highest BCUT2D eigenvalue weighted by molar-refractivity contribution is 9.10. The van der Waals surface area contributed by atoms with E-state index in [2.05, 4.69) is 53.9 Å². The third kappa shape index (κ3) is 2.62. The minimum Gasteiger partial charge on any atom is -0.369 e. The van der Waals surface area contributed by atoms with Crippen LogP contribution in [0.25, 0.3) is 0 Å². The Balaban J connectivity index is 2.41. The molecule has 2 atom stereocenters.